The number of hydrogen-bond donors (Lipinski definition) is 1. The van der Waals surface area contributed by atoms with E-state index in [1.807, 2.05) is 6.08 Å². The van der Waals surface area contributed by atoms with E-state index in [1.54, 1.807) is 24.3 Å². The molecule has 21 heavy (non-hydrogen) atoms. The molecule has 0 amide bonds. The van der Waals surface area contributed by atoms with E-state index in [0.717, 1.165) is 6.42 Å². The van der Waals surface area contributed by atoms with Gasteiger partial charge in [-0.1, -0.05) is 95.6 Å². The molecule has 0 unspecified atom stereocenters. The third kappa shape index (κ3) is 16.7. The van der Waals surface area contributed by atoms with Gasteiger partial charge in [0.05, 0.1) is 0 Å². The van der Waals surface area contributed by atoms with Gasteiger partial charge in [-0.25, -0.2) is 0 Å². The summed E-state index contributed by atoms with van der Waals surface area (Å²) in [5.74, 6) is 0.272. The first kappa shape index (κ1) is 19.8. The van der Waals surface area contributed by atoms with E-state index in [2.05, 4.69) is 19.6 Å². The largest absolute Gasteiger partial charge is 0.508 e. The summed E-state index contributed by atoms with van der Waals surface area (Å²) in [6.07, 6.45) is 25.6. The Kier molecular flexibility index (Phi) is 15.8. The Morgan fingerprint density at radius 1 is 0.857 bits per heavy atom. The van der Waals surface area contributed by atoms with Crippen LogP contribution in [0.4, 0.5) is 0 Å². The van der Waals surface area contributed by atoms with Gasteiger partial charge in [0, 0.05) is 0 Å². The van der Waals surface area contributed by atoms with Crippen molar-refractivity contribution in [3.63, 3.8) is 0 Å². The van der Waals surface area contributed by atoms with E-state index in [-0.39, 0.29) is 5.76 Å². The molecule has 0 saturated carbocycles. The van der Waals surface area contributed by atoms with E-state index in [4.69, 9.17) is 0 Å². The molecule has 0 spiro atoms. The quantitative estimate of drug-likeness (QED) is 0.207. The van der Waals surface area contributed by atoms with Gasteiger partial charge in [-0.3, -0.25) is 0 Å². The Hall–Kier alpha value is -1.24. The summed E-state index contributed by atoms with van der Waals surface area (Å²) in [6, 6.07) is 0. The van der Waals surface area contributed by atoms with Crippen LogP contribution in [0.3, 0.4) is 0 Å². The molecule has 1 heteroatoms. The van der Waals surface area contributed by atoms with Gasteiger partial charge in [0.25, 0.3) is 0 Å². The second kappa shape index (κ2) is 16.8. The lowest BCUT2D eigenvalue weighted by molar-refractivity contribution is 0.432. The number of unbranched alkanes of at least 4 members (excludes halogenated alkanes) is 10. The zero-order valence-electron chi connectivity index (χ0n) is 13.9. The van der Waals surface area contributed by atoms with Crippen molar-refractivity contribution in [2.24, 2.45) is 0 Å². The summed E-state index contributed by atoms with van der Waals surface area (Å²) in [6.45, 7) is 5.83. The predicted octanol–water partition coefficient (Wildman–Crippen LogP) is 7.04. The minimum Gasteiger partial charge on any atom is -0.508 e. The molecule has 0 heterocycles. The second-order valence-corrected chi connectivity index (χ2v) is 5.59. The fraction of sp³-hybridized carbons (Fsp3) is 0.600. The molecule has 0 aromatic heterocycles. The van der Waals surface area contributed by atoms with Crippen molar-refractivity contribution in [1.29, 1.82) is 0 Å². The van der Waals surface area contributed by atoms with Crippen LogP contribution in [0.15, 0.2) is 48.8 Å². The van der Waals surface area contributed by atoms with Gasteiger partial charge in [0.2, 0.25) is 0 Å². The Labute approximate surface area is 132 Å². The average Bonchev–Trinajstić information content (AvgIpc) is 2.49. The Bertz CT molecular complexity index is 310. The summed E-state index contributed by atoms with van der Waals surface area (Å²) in [4.78, 5) is 0. The molecule has 120 valence electrons. The highest BCUT2D eigenvalue weighted by molar-refractivity contribution is 5.19. The van der Waals surface area contributed by atoms with Crippen molar-refractivity contribution < 1.29 is 5.11 Å². The lowest BCUT2D eigenvalue weighted by Crippen LogP contribution is -1.81. The smallest absolute Gasteiger partial charge is 0.115 e. The minimum atomic E-state index is 0.272. The average molecular weight is 290 g/mol. The normalized spacial score (nSPS) is 12.5. The van der Waals surface area contributed by atoms with Gasteiger partial charge in [-0.15, -0.1) is 0 Å². The summed E-state index contributed by atoms with van der Waals surface area (Å²) in [7, 11) is 0. The van der Waals surface area contributed by atoms with Gasteiger partial charge in [-0.05, 0) is 25.0 Å². The summed E-state index contributed by atoms with van der Waals surface area (Å²) >= 11 is 0. The molecule has 0 aliphatic rings. The second-order valence-electron chi connectivity index (χ2n) is 5.59. The van der Waals surface area contributed by atoms with Gasteiger partial charge >= 0.3 is 0 Å². The molecule has 0 rings (SSSR count). The standard InChI is InChI=1S/C20H34O/c1-3-5-7-8-9-10-11-12-13-14-15-16-17-19-20(21)18-6-4-2/h4,6,16-19,21H,2-3,5,7-15H2,1H3. The Balaban J connectivity index is 3.32. The summed E-state index contributed by atoms with van der Waals surface area (Å²) in [5, 5.41) is 9.43. The van der Waals surface area contributed by atoms with Crippen LogP contribution in [0.25, 0.3) is 0 Å². The first-order valence-corrected chi connectivity index (χ1v) is 8.66. The van der Waals surface area contributed by atoms with Crippen molar-refractivity contribution in [2.75, 3.05) is 0 Å². The van der Waals surface area contributed by atoms with Crippen LogP contribution in [-0.4, -0.2) is 5.11 Å². The van der Waals surface area contributed by atoms with Gasteiger partial charge < -0.3 is 5.11 Å². The predicted molar refractivity (Wildman–Crippen MR) is 95.6 cm³/mol. The molecule has 0 aromatic rings. The Morgan fingerprint density at radius 3 is 2.00 bits per heavy atom. The molecule has 0 aliphatic carbocycles. The van der Waals surface area contributed by atoms with Gasteiger partial charge in [-0.2, -0.15) is 0 Å². The van der Waals surface area contributed by atoms with Crippen LogP contribution in [0.1, 0.15) is 77.6 Å². The number of rotatable bonds is 14. The molecule has 0 radical (unpaired) electrons. The van der Waals surface area contributed by atoms with Crippen LogP contribution in [0.5, 0.6) is 0 Å². The molecule has 0 fully saturated rings. The van der Waals surface area contributed by atoms with Crippen molar-refractivity contribution in [1.82, 2.24) is 0 Å². The number of allylic oxidation sites excluding steroid dienone is 6. The molecule has 0 aromatic carbocycles. The van der Waals surface area contributed by atoms with E-state index < -0.39 is 0 Å². The topological polar surface area (TPSA) is 20.2 Å². The lowest BCUT2D eigenvalue weighted by Gasteiger charge is -2.01. The van der Waals surface area contributed by atoms with Crippen LogP contribution in [0, 0.1) is 0 Å². The third-order valence-corrected chi connectivity index (χ3v) is 3.53. The lowest BCUT2D eigenvalue weighted by atomic mass is 10.1. The highest BCUT2D eigenvalue weighted by Crippen LogP contribution is 2.11. The molecule has 0 saturated heterocycles. The highest BCUT2D eigenvalue weighted by Gasteiger charge is 1.91. The Morgan fingerprint density at radius 2 is 1.43 bits per heavy atom. The number of aliphatic hydroxyl groups is 1. The molecule has 1 nitrogen and oxygen atoms in total. The SMILES string of the molecule is C=CC=CC(O)=CC=CCCCCCCCCCCCC. The van der Waals surface area contributed by atoms with E-state index in [1.165, 1.54) is 64.2 Å². The monoisotopic (exact) mass is 290 g/mol. The summed E-state index contributed by atoms with van der Waals surface area (Å²) in [5.41, 5.74) is 0. The maximum absolute atomic E-state index is 9.43. The van der Waals surface area contributed by atoms with E-state index >= 15 is 0 Å². The molecule has 0 aliphatic heterocycles. The van der Waals surface area contributed by atoms with Crippen molar-refractivity contribution in [3.05, 3.63) is 48.8 Å². The fourth-order valence-corrected chi connectivity index (χ4v) is 2.23. The first-order valence-electron chi connectivity index (χ1n) is 8.66. The van der Waals surface area contributed by atoms with Gasteiger partial charge in [0.1, 0.15) is 5.76 Å². The van der Waals surface area contributed by atoms with Crippen molar-refractivity contribution >= 4 is 0 Å². The van der Waals surface area contributed by atoms with Crippen LogP contribution in [-0.2, 0) is 0 Å². The van der Waals surface area contributed by atoms with Crippen LogP contribution >= 0.6 is 0 Å². The van der Waals surface area contributed by atoms with Crippen molar-refractivity contribution in [2.45, 2.75) is 77.6 Å². The zero-order valence-corrected chi connectivity index (χ0v) is 13.9. The molecule has 0 atom stereocenters. The number of aliphatic hydroxyl groups excluding tert-OH is 1. The molecular formula is C20H34O. The summed E-state index contributed by atoms with van der Waals surface area (Å²) < 4.78 is 0. The maximum atomic E-state index is 9.43. The zero-order chi connectivity index (χ0) is 15.6. The molecular weight excluding hydrogens is 256 g/mol. The maximum Gasteiger partial charge on any atom is 0.115 e. The fourth-order valence-electron chi connectivity index (χ4n) is 2.23. The number of hydrogen-bond acceptors (Lipinski definition) is 1. The third-order valence-electron chi connectivity index (χ3n) is 3.53. The first-order chi connectivity index (χ1) is 10.3. The van der Waals surface area contributed by atoms with Crippen molar-refractivity contribution in [3.8, 4) is 0 Å². The van der Waals surface area contributed by atoms with Crippen LogP contribution in [0.2, 0.25) is 0 Å². The van der Waals surface area contributed by atoms with E-state index in [9.17, 15) is 5.11 Å². The molecule has 1 N–H and O–H groups in total. The highest BCUT2D eigenvalue weighted by atomic mass is 16.3. The minimum absolute atomic E-state index is 0.272. The van der Waals surface area contributed by atoms with E-state index in [0.29, 0.717) is 0 Å². The molecule has 0 bridgehead atoms. The van der Waals surface area contributed by atoms with Gasteiger partial charge in [0.15, 0.2) is 0 Å². The van der Waals surface area contributed by atoms with Crippen LogP contribution < -0.4 is 0 Å².